The molecule has 0 heterocycles. The summed E-state index contributed by atoms with van der Waals surface area (Å²) in [4.78, 5) is 35.1. The second kappa shape index (κ2) is 9.45. The van der Waals surface area contributed by atoms with Gasteiger partial charge in [0.1, 0.15) is 6.04 Å². The smallest absolute Gasteiger partial charge is 0.312 e. The number of benzene rings is 1. The number of nitrogens with one attached hydrogen (secondary N) is 3. The van der Waals surface area contributed by atoms with Crippen molar-refractivity contribution in [3.63, 3.8) is 0 Å². The highest BCUT2D eigenvalue weighted by molar-refractivity contribution is 5.89. The Balaban J connectivity index is 2.59. The number of carbonyl (C=O) groups excluding carboxylic acids is 3. The maximum atomic E-state index is 13.5. The van der Waals surface area contributed by atoms with E-state index in [1.54, 1.807) is 13.0 Å². The summed E-state index contributed by atoms with van der Waals surface area (Å²) in [5, 5.41) is 2.33. The van der Waals surface area contributed by atoms with Crippen molar-refractivity contribution < 1.29 is 23.5 Å². The van der Waals surface area contributed by atoms with Gasteiger partial charge in [-0.05, 0) is 25.0 Å². The SMILES string of the molecule is CC[C@H](C)[C@H](NC(N)=O)C(=O)NNC(=O)[C@H](C)Oc1ccccc1F. The van der Waals surface area contributed by atoms with Crippen molar-refractivity contribution in [3.8, 4) is 5.75 Å². The summed E-state index contributed by atoms with van der Waals surface area (Å²) in [5.74, 6) is -2.19. The minimum Gasteiger partial charge on any atom is -0.478 e. The Morgan fingerprint density at radius 3 is 2.32 bits per heavy atom. The Hall–Kier alpha value is -2.84. The molecule has 1 aromatic carbocycles. The molecule has 0 spiro atoms. The normalized spacial score (nSPS) is 13.9. The van der Waals surface area contributed by atoms with Crippen LogP contribution in [0.5, 0.6) is 5.75 Å². The summed E-state index contributed by atoms with van der Waals surface area (Å²) in [7, 11) is 0. The van der Waals surface area contributed by atoms with Crippen molar-refractivity contribution in [3.05, 3.63) is 30.1 Å². The molecule has 0 aromatic heterocycles. The number of urea groups is 1. The van der Waals surface area contributed by atoms with Gasteiger partial charge in [0.15, 0.2) is 17.7 Å². The summed E-state index contributed by atoms with van der Waals surface area (Å²) in [5.41, 5.74) is 9.43. The maximum Gasteiger partial charge on any atom is 0.312 e. The van der Waals surface area contributed by atoms with Crippen molar-refractivity contribution in [2.45, 2.75) is 39.3 Å². The average Bonchev–Trinajstić information content (AvgIpc) is 2.58. The number of nitrogens with two attached hydrogens (primary N) is 1. The zero-order chi connectivity index (χ0) is 19.0. The number of hydrogen-bond acceptors (Lipinski definition) is 4. The zero-order valence-electron chi connectivity index (χ0n) is 14.3. The van der Waals surface area contributed by atoms with Crippen LogP contribution in [-0.2, 0) is 9.59 Å². The molecule has 0 fully saturated rings. The van der Waals surface area contributed by atoms with Crippen LogP contribution in [0.25, 0.3) is 0 Å². The van der Waals surface area contributed by atoms with Crippen LogP contribution >= 0.6 is 0 Å². The highest BCUT2D eigenvalue weighted by Gasteiger charge is 2.26. The molecule has 0 unspecified atom stereocenters. The summed E-state index contributed by atoms with van der Waals surface area (Å²) >= 11 is 0. The maximum absolute atomic E-state index is 13.5. The molecule has 9 heteroatoms. The number of para-hydroxylation sites is 1. The first kappa shape index (κ1) is 20.2. The molecular weight excluding hydrogens is 331 g/mol. The van der Waals surface area contributed by atoms with Gasteiger partial charge in [0.05, 0.1) is 0 Å². The largest absolute Gasteiger partial charge is 0.478 e. The zero-order valence-corrected chi connectivity index (χ0v) is 14.3. The van der Waals surface area contributed by atoms with E-state index < -0.39 is 35.8 Å². The van der Waals surface area contributed by atoms with Gasteiger partial charge in [-0.3, -0.25) is 20.4 Å². The van der Waals surface area contributed by atoms with E-state index in [1.807, 2.05) is 6.92 Å². The molecule has 4 amide bonds. The minimum atomic E-state index is -1.05. The van der Waals surface area contributed by atoms with E-state index in [1.165, 1.54) is 25.1 Å². The third-order valence-electron chi connectivity index (χ3n) is 3.61. The average molecular weight is 354 g/mol. The molecule has 0 bridgehead atoms. The molecule has 1 aromatic rings. The summed E-state index contributed by atoms with van der Waals surface area (Å²) in [6.07, 6.45) is -0.442. The van der Waals surface area contributed by atoms with Gasteiger partial charge in [0, 0.05) is 0 Å². The fraction of sp³-hybridized carbons (Fsp3) is 0.438. The topological polar surface area (TPSA) is 123 Å². The molecule has 0 saturated heterocycles. The van der Waals surface area contributed by atoms with E-state index in [2.05, 4.69) is 16.2 Å². The molecule has 0 saturated carbocycles. The Kier molecular flexibility index (Phi) is 7.64. The standard InChI is InChI=1S/C16H23FN4O4/c1-4-9(2)13(19-16(18)24)15(23)21-20-14(22)10(3)25-12-8-6-5-7-11(12)17/h5-10,13H,4H2,1-3H3,(H,20,22)(H,21,23)(H3,18,19,24)/t9-,10-,13-/m0/s1. The number of amides is 4. The molecule has 3 atom stereocenters. The van der Waals surface area contributed by atoms with Gasteiger partial charge in [-0.25, -0.2) is 9.18 Å². The quantitative estimate of drug-likeness (QED) is 0.542. The number of ether oxygens (including phenoxy) is 1. The van der Waals surface area contributed by atoms with Gasteiger partial charge >= 0.3 is 6.03 Å². The van der Waals surface area contributed by atoms with E-state index in [9.17, 15) is 18.8 Å². The number of hydrazine groups is 1. The highest BCUT2D eigenvalue weighted by atomic mass is 19.1. The predicted molar refractivity (Wildman–Crippen MR) is 88.7 cm³/mol. The molecule has 5 N–H and O–H groups in total. The van der Waals surface area contributed by atoms with Crippen molar-refractivity contribution in [2.24, 2.45) is 11.7 Å². The number of rotatable bonds is 7. The fourth-order valence-electron chi connectivity index (χ4n) is 1.94. The van der Waals surface area contributed by atoms with Crippen molar-refractivity contribution in [1.82, 2.24) is 16.2 Å². The molecule has 25 heavy (non-hydrogen) atoms. The van der Waals surface area contributed by atoms with Crippen LogP contribution in [0, 0.1) is 11.7 Å². The van der Waals surface area contributed by atoms with Gasteiger partial charge in [-0.15, -0.1) is 0 Å². The van der Waals surface area contributed by atoms with Gasteiger partial charge in [0.2, 0.25) is 0 Å². The first-order valence-electron chi connectivity index (χ1n) is 7.83. The Bertz CT molecular complexity index is 626. The van der Waals surface area contributed by atoms with Gasteiger partial charge in [-0.2, -0.15) is 0 Å². The van der Waals surface area contributed by atoms with Gasteiger partial charge in [0.25, 0.3) is 11.8 Å². The molecule has 0 aliphatic carbocycles. The highest BCUT2D eigenvalue weighted by Crippen LogP contribution is 2.16. The third kappa shape index (κ3) is 6.28. The van der Waals surface area contributed by atoms with E-state index in [4.69, 9.17) is 10.5 Å². The van der Waals surface area contributed by atoms with Crippen LogP contribution in [0.1, 0.15) is 27.2 Å². The van der Waals surface area contributed by atoms with E-state index in [-0.39, 0.29) is 11.7 Å². The second-order valence-electron chi connectivity index (χ2n) is 5.54. The third-order valence-corrected chi connectivity index (χ3v) is 3.61. The van der Waals surface area contributed by atoms with E-state index in [0.29, 0.717) is 6.42 Å². The lowest BCUT2D eigenvalue weighted by Gasteiger charge is -2.23. The monoisotopic (exact) mass is 354 g/mol. The molecule has 0 aliphatic heterocycles. The van der Waals surface area contributed by atoms with Crippen molar-refractivity contribution in [2.75, 3.05) is 0 Å². The van der Waals surface area contributed by atoms with E-state index >= 15 is 0 Å². The number of carbonyl (C=O) groups is 3. The summed E-state index contributed by atoms with van der Waals surface area (Å²) in [6.45, 7) is 5.00. The number of halogens is 1. The van der Waals surface area contributed by atoms with Crippen LogP contribution in [0.3, 0.4) is 0 Å². The predicted octanol–water partition coefficient (Wildman–Crippen LogP) is 0.823. The lowest BCUT2D eigenvalue weighted by molar-refractivity contribution is -0.133. The van der Waals surface area contributed by atoms with Crippen molar-refractivity contribution in [1.29, 1.82) is 0 Å². The molecule has 0 radical (unpaired) electrons. The lowest BCUT2D eigenvalue weighted by atomic mass is 9.99. The summed E-state index contributed by atoms with van der Waals surface area (Å²) < 4.78 is 18.7. The summed E-state index contributed by atoms with van der Waals surface area (Å²) in [6, 6.07) is 3.90. The second-order valence-corrected chi connectivity index (χ2v) is 5.54. The minimum absolute atomic E-state index is 0.0793. The molecule has 8 nitrogen and oxygen atoms in total. The first-order valence-corrected chi connectivity index (χ1v) is 7.83. The first-order chi connectivity index (χ1) is 11.8. The lowest BCUT2D eigenvalue weighted by Crippen LogP contribution is -2.57. The Morgan fingerprint density at radius 2 is 1.76 bits per heavy atom. The molecule has 138 valence electrons. The molecular formula is C16H23FN4O4. The van der Waals surface area contributed by atoms with Crippen LogP contribution < -0.4 is 26.6 Å². The van der Waals surface area contributed by atoms with Crippen LogP contribution in [0.15, 0.2) is 24.3 Å². The van der Waals surface area contributed by atoms with E-state index in [0.717, 1.165) is 0 Å². The van der Waals surface area contributed by atoms with Crippen LogP contribution in [0.2, 0.25) is 0 Å². The van der Waals surface area contributed by atoms with Gasteiger partial charge < -0.3 is 15.8 Å². The molecule has 1 rings (SSSR count). The molecule has 0 aliphatic rings. The Morgan fingerprint density at radius 1 is 1.16 bits per heavy atom. The number of hydrogen-bond donors (Lipinski definition) is 4. The van der Waals surface area contributed by atoms with Crippen LogP contribution in [0.4, 0.5) is 9.18 Å². The van der Waals surface area contributed by atoms with Gasteiger partial charge in [-0.1, -0.05) is 32.4 Å². The Labute approximate surface area is 145 Å². The number of primary amides is 1. The fourth-order valence-corrected chi connectivity index (χ4v) is 1.94. The van der Waals surface area contributed by atoms with Crippen LogP contribution in [-0.4, -0.2) is 30.0 Å². The van der Waals surface area contributed by atoms with Crippen molar-refractivity contribution >= 4 is 17.8 Å².